The minimum absolute atomic E-state index is 0.137. The molecule has 4 N–H and O–H groups in total. The van der Waals surface area contributed by atoms with Crippen molar-refractivity contribution in [1.29, 1.82) is 0 Å². The predicted octanol–water partition coefficient (Wildman–Crippen LogP) is 12.3. The minimum Gasteiger partial charge on any atom is -0.504 e. The fourth-order valence-corrected chi connectivity index (χ4v) is 10.8. The summed E-state index contributed by atoms with van der Waals surface area (Å²) in [7, 11) is 0. The smallest absolute Gasteiger partial charge is 0.163 e. The van der Waals surface area contributed by atoms with E-state index < -0.39 is 0 Å². The van der Waals surface area contributed by atoms with Crippen molar-refractivity contribution >= 4 is 21.5 Å². The van der Waals surface area contributed by atoms with E-state index in [1.54, 1.807) is 0 Å². The Labute approximate surface area is 462 Å². The molecule has 8 rings (SSSR count). The molecule has 0 radical (unpaired) electrons. The van der Waals surface area contributed by atoms with E-state index in [0.29, 0.717) is 121 Å². The molecule has 1 saturated heterocycles. The molecule has 0 amide bonds. The van der Waals surface area contributed by atoms with Gasteiger partial charge in [0.1, 0.15) is 0 Å². The van der Waals surface area contributed by atoms with Crippen LogP contribution in [-0.2, 0) is 6.54 Å². The molecule has 7 aromatic rings. The highest BCUT2D eigenvalue weighted by molar-refractivity contribution is 6.02. The van der Waals surface area contributed by atoms with Crippen LogP contribution in [0.15, 0.2) is 127 Å². The molecule has 416 valence electrons. The molecule has 13 nitrogen and oxygen atoms in total. The molecular weight excluding hydrogens is 979 g/mol. The predicted molar refractivity (Wildman–Crippen MR) is 313 cm³/mol. The number of aryl methyl sites for hydroxylation is 4. The Hall–Kier alpha value is -6.74. The molecule has 0 spiro atoms. The zero-order valence-corrected chi connectivity index (χ0v) is 47.2. The topological polar surface area (TPSA) is 134 Å². The number of benzene rings is 7. The van der Waals surface area contributed by atoms with E-state index >= 15 is 0 Å². The number of fused-ring (bicyclic) bond motifs is 2. The number of rotatable bonds is 21. The molecule has 0 aromatic heterocycles. The maximum Gasteiger partial charge on any atom is 0.163 e. The van der Waals surface area contributed by atoms with Crippen molar-refractivity contribution in [3.63, 3.8) is 0 Å². The van der Waals surface area contributed by atoms with Crippen LogP contribution < -0.4 is 18.9 Å². The van der Waals surface area contributed by atoms with Crippen LogP contribution in [0.4, 0.5) is 0 Å². The normalized spacial score (nSPS) is 16.3. The molecule has 0 unspecified atom stereocenters. The van der Waals surface area contributed by atoms with Crippen molar-refractivity contribution in [2.24, 2.45) is 0 Å². The van der Waals surface area contributed by atoms with Gasteiger partial charge in [0.05, 0.1) is 0 Å². The van der Waals surface area contributed by atoms with E-state index in [-0.39, 0.29) is 47.9 Å². The maximum absolute atomic E-state index is 11.3. The number of para-hydroxylation sites is 4. The summed E-state index contributed by atoms with van der Waals surface area (Å²) in [5.41, 5.74) is 4.23. The van der Waals surface area contributed by atoms with Gasteiger partial charge in [0, 0.05) is 72.0 Å². The van der Waals surface area contributed by atoms with Gasteiger partial charge in [0.15, 0.2) is 70.9 Å². The highest BCUT2D eigenvalue weighted by atomic mass is 16.5. The third kappa shape index (κ3) is 13.9. The van der Waals surface area contributed by atoms with Gasteiger partial charge in [-0.25, -0.2) is 0 Å². The summed E-state index contributed by atoms with van der Waals surface area (Å²) in [6, 6.07) is 42.1. The number of hydrogen-bond acceptors (Lipinski definition) is 13. The van der Waals surface area contributed by atoms with Crippen molar-refractivity contribution in [3.05, 3.63) is 155 Å². The molecule has 1 heterocycles. The fourth-order valence-electron chi connectivity index (χ4n) is 10.8. The van der Waals surface area contributed by atoms with Gasteiger partial charge in [-0.3, -0.25) is 24.5 Å². The largest absolute Gasteiger partial charge is 0.504 e. The van der Waals surface area contributed by atoms with E-state index in [1.165, 1.54) is 27.1 Å². The highest BCUT2D eigenvalue weighted by Gasteiger charge is 2.30. The second kappa shape index (κ2) is 27.2. The molecule has 1 aliphatic heterocycles. The average molecular weight is 1060 g/mol. The Kier molecular flexibility index (Phi) is 20.0. The molecule has 4 atom stereocenters. The van der Waals surface area contributed by atoms with Gasteiger partial charge in [-0.1, -0.05) is 125 Å². The van der Waals surface area contributed by atoms with E-state index in [0.717, 1.165) is 22.3 Å². The minimum atomic E-state index is -0.378. The first-order valence-corrected chi connectivity index (χ1v) is 28.2. The summed E-state index contributed by atoms with van der Waals surface area (Å²) in [4.78, 5) is 12.1. The number of nitrogens with zero attached hydrogens (tertiary/aromatic N) is 5. The van der Waals surface area contributed by atoms with E-state index in [9.17, 15) is 20.4 Å². The summed E-state index contributed by atoms with van der Waals surface area (Å²) >= 11 is 0. The Morgan fingerprint density at radius 2 is 0.769 bits per heavy atom. The Morgan fingerprint density at radius 3 is 1.13 bits per heavy atom. The van der Waals surface area contributed by atoms with Crippen molar-refractivity contribution < 1.29 is 39.4 Å². The van der Waals surface area contributed by atoms with Gasteiger partial charge in [-0.2, -0.15) is 0 Å². The summed E-state index contributed by atoms with van der Waals surface area (Å²) in [6.45, 7) is 23.2. The molecule has 0 aliphatic carbocycles. The van der Waals surface area contributed by atoms with E-state index in [1.807, 2.05) is 100 Å². The zero-order valence-electron chi connectivity index (χ0n) is 47.2. The lowest BCUT2D eigenvalue weighted by atomic mass is 9.96. The molecule has 0 saturated carbocycles. The summed E-state index contributed by atoms with van der Waals surface area (Å²) in [5, 5.41) is 49.8. The molecule has 1 fully saturated rings. The Balaban J connectivity index is 1.17. The zero-order chi connectivity index (χ0) is 55.3. The van der Waals surface area contributed by atoms with Crippen molar-refractivity contribution in [2.75, 3.05) is 65.4 Å². The molecule has 13 heteroatoms. The van der Waals surface area contributed by atoms with Gasteiger partial charge in [-0.05, 0) is 133 Å². The van der Waals surface area contributed by atoms with Gasteiger partial charge in [-0.15, -0.1) is 0 Å². The van der Waals surface area contributed by atoms with Crippen molar-refractivity contribution in [3.8, 4) is 46.0 Å². The molecular formula is C65H83N5O8. The van der Waals surface area contributed by atoms with Crippen LogP contribution >= 0.6 is 0 Å². The molecule has 1 aliphatic rings. The number of ether oxygens (including phenoxy) is 4. The first-order chi connectivity index (χ1) is 37.8. The standard InChI is InChI=1S/C65H83N5O8/c1-9-58(75-54-29-17-21-45(5)62(54)71)67-36-33-66(35-38-70(61(12-4)78-57-32-20-24-48(8)65(57)74)44-53-51-27-15-13-25-49(51)43-50-26-14-16-28-52(50)53)34-37-68(59(10-2)76-55-30-18-22-46(6)63(55)72)40-42-69(41-39-67)60(11-3)77-56-31-19-23-47(7)64(56)73/h13-32,43,58-61,71-74H,9-12,33-42,44H2,1-8H3/t58-,59-,60-,61-/m0/s1. The number of phenols is 4. The lowest BCUT2D eigenvalue weighted by Gasteiger charge is -2.40. The lowest BCUT2D eigenvalue weighted by molar-refractivity contribution is -0.0409. The third-order valence-electron chi connectivity index (χ3n) is 15.6. The van der Waals surface area contributed by atoms with Gasteiger partial charge in [0.25, 0.3) is 0 Å². The van der Waals surface area contributed by atoms with Crippen molar-refractivity contribution in [1.82, 2.24) is 24.5 Å². The first-order valence-electron chi connectivity index (χ1n) is 28.2. The fraction of sp³-hybridized carbons (Fsp3) is 0.415. The van der Waals surface area contributed by atoms with Crippen LogP contribution in [0.5, 0.6) is 46.0 Å². The molecule has 0 bridgehead atoms. The van der Waals surface area contributed by atoms with Gasteiger partial charge >= 0.3 is 0 Å². The van der Waals surface area contributed by atoms with Crippen LogP contribution in [0.3, 0.4) is 0 Å². The number of aromatic hydroxyl groups is 4. The van der Waals surface area contributed by atoms with E-state index in [2.05, 4.69) is 107 Å². The van der Waals surface area contributed by atoms with Crippen LogP contribution in [0.1, 0.15) is 81.2 Å². The number of phenolic OH excluding ortho intramolecular Hbond substituents is 4. The van der Waals surface area contributed by atoms with Crippen LogP contribution in [0.2, 0.25) is 0 Å². The van der Waals surface area contributed by atoms with Crippen LogP contribution in [0, 0.1) is 27.7 Å². The summed E-state index contributed by atoms with van der Waals surface area (Å²) in [6.07, 6.45) is 1.19. The first kappa shape index (κ1) is 57.4. The Morgan fingerprint density at radius 1 is 0.423 bits per heavy atom. The summed E-state index contributed by atoms with van der Waals surface area (Å²) < 4.78 is 27.2. The summed E-state index contributed by atoms with van der Waals surface area (Å²) in [5.74, 6) is 2.38. The van der Waals surface area contributed by atoms with Gasteiger partial charge in [0.2, 0.25) is 0 Å². The quantitative estimate of drug-likeness (QED) is 0.0402. The van der Waals surface area contributed by atoms with E-state index in [4.69, 9.17) is 18.9 Å². The lowest BCUT2D eigenvalue weighted by Crippen LogP contribution is -2.54. The van der Waals surface area contributed by atoms with Gasteiger partial charge < -0.3 is 39.4 Å². The maximum atomic E-state index is 11.3. The van der Waals surface area contributed by atoms with Crippen LogP contribution in [0.25, 0.3) is 21.5 Å². The Bertz CT molecular complexity index is 2930. The molecule has 78 heavy (non-hydrogen) atoms. The molecule has 7 aromatic carbocycles. The second-order valence-electron chi connectivity index (χ2n) is 20.8. The highest BCUT2D eigenvalue weighted by Crippen LogP contribution is 2.36. The monoisotopic (exact) mass is 1060 g/mol. The second-order valence-corrected chi connectivity index (χ2v) is 20.8. The average Bonchev–Trinajstić information content (AvgIpc) is 3.47. The SMILES string of the molecule is CC[C@H](Oc1cccc(C)c1O)N1CCN(CCN(Cc2c3ccccc3cc3ccccc23)[C@H](CC)Oc2cccc(C)c2O)CCN([C@H](CC)Oc2cccc(C)c2O)CCN([C@H](CC)Oc2cccc(C)c2O)CC1. The number of hydrogen-bond donors (Lipinski definition) is 4. The van der Waals surface area contributed by atoms with Crippen LogP contribution in [-0.4, -0.2) is 135 Å². The van der Waals surface area contributed by atoms with Crippen molar-refractivity contribution in [2.45, 2.75) is 113 Å². The third-order valence-corrected chi connectivity index (χ3v) is 15.6.